The van der Waals surface area contributed by atoms with Crippen LogP contribution in [0.4, 0.5) is 0 Å². The molecule has 1 aliphatic rings. The number of hydrogen-bond acceptors (Lipinski definition) is 2. The molecule has 0 saturated carbocycles. The fraction of sp³-hybridized carbons (Fsp3) is 0.714. The summed E-state index contributed by atoms with van der Waals surface area (Å²) in [6.07, 6.45) is 0.995. The Morgan fingerprint density at radius 1 is 1.00 bits per heavy atom. The second kappa shape index (κ2) is 2.76. The quantitative estimate of drug-likeness (QED) is 0.494. The first-order chi connectivity index (χ1) is 4.30. The zero-order valence-corrected chi connectivity index (χ0v) is 5.94. The molecule has 0 amide bonds. The molecule has 52 valence electrons. The summed E-state index contributed by atoms with van der Waals surface area (Å²) in [4.78, 5) is 0. The zero-order chi connectivity index (χ0) is 6.69. The lowest BCUT2D eigenvalue weighted by molar-refractivity contribution is 0.209. The normalized spacial score (nSPS) is 20.2. The Labute approximate surface area is 55.5 Å². The maximum absolute atomic E-state index is 5.27. The Hall–Kier alpha value is -0.660. The summed E-state index contributed by atoms with van der Waals surface area (Å²) in [5, 5.41) is 0. The topological polar surface area (TPSA) is 18.5 Å². The van der Waals surface area contributed by atoms with E-state index in [0.29, 0.717) is 0 Å². The molecule has 0 aliphatic carbocycles. The van der Waals surface area contributed by atoms with Crippen molar-refractivity contribution in [3.63, 3.8) is 0 Å². The summed E-state index contributed by atoms with van der Waals surface area (Å²) in [6.45, 7) is 5.45. The molecular weight excluding hydrogens is 116 g/mol. The van der Waals surface area contributed by atoms with E-state index in [1.54, 1.807) is 0 Å². The molecule has 2 nitrogen and oxygen atoms in total. The monoisotopic (exact) mass is 128 g/mol. The number of allylic oxidation sites excluding steroid dienone is 2. The van der Waals surface area contributed by atoms with Crippen LogP contribution in [0.2, 0.25) is 0 Å². The van der Waals surface area contributed by atoms with Gasteiger partial charge in [0.2, 0.25) is 0 Å². The molecule has 0 aromatic rings. The number of rotatable bonds is 0. The maximum Gasteiger partial charge on any atom is 0.130 e. The zero-order valence-electron chi connectivity index (χ0n) is 5.94. The van der Waals surface area contributed by atoms with Gasteiger partial charge in [0.1, 0.15) is 11.5 Å². The third kappa shape index (κ3) is 1.63. The summed E-state index contributed by atoms with van der Waals surface area (Å²) < 4.78 is 10.5. The number of hydrogen-bond donors (Lipinski definition) is 0. The predicted molar refractivity (Wildman–Crippen MR) is 34.9 cm³/mol. The average molecular weight is 128 g/mol. The van der Waals surface area contributed by atoms with Gasteiger partial charge >= 0.3 is 0 Å². The van der Waals surface area contributed by atoms with Crippen molar-refractivity contribution in [3.8, 4) is 0 Å². The fourth-order valence-corrected chi connectivity index (χ4v) is 0.713. The molecular formula is C7H12O2. The first-order valence-electron chi connectivity index (χ1n) is 3.24. The van der Waals surface area contributed by atoms with E-state index in [4.69, 9.17) is 9.47 Å². The molecule has 0 fully saturated rings. The lowest BCUT2D eigenvalue weighted by Gasteiger charge is -2.02. The molecule has 1 aliphatic heterocycles. The van der Waals surface area contributed by atoms with Crippen molar-refractivity contribution < 1.29 is 9.47 Å². The smallest absolute Gasteiger partial charge is 0.130 e. The van der Waals surface area contributed by atoms with Crippen LogP contribution >= 0.6 is 0 Å². The van der Waals surface area contributed by atoms with Gasteiger partial charge in [-0.05, 0) is 13.8 Å². The molecule has 0 unspecified atom stereocenters. The Morgan fingerprint density at radius 2 is 1.44 bits per heavy atom. The first-order valence-corrected chi connectivity index (χ1v) is 3.24. The number of ether oxygens (including phenoxy) is 2. The van der Waals surface area contributed by atoms with E-state index < -0.39 is 0 Å². The van der Waals surface area contributed by atoms with Crippen LogP contribution in [-0.2, 0) is 9.47 Å². The van der Waals surface area contributed by atoms with Crippen LogP contribution in [0.3, 0.4) is 0 Å². The Balaban J connectivity index is 2.55. The standard InChI is InChI=1S/C7H12O2/c1-6-7(2)9-5-3-4-8-6/h3-5H2,1-2H3. The minimum absolute atomic E-state index is 0.795. The summed E-state index contributed by atoms with van der Waals surface area (Å²) in [5.74, 6) is 1.85. The first kappa shape index (κ1) is 6.46. The second-order valence-corrected chi connectivity index (χ2v) is 2.16. The Bertz CT molecular complexity index is 113. The van der Waals surface area contributed by atoms with Gasteiger partial charge in [-0.2, -0.15) is 0 Å². The molecule has 9 heavy (non-hydrogen) atoms. The highest BCUT2D eigenvalue weighted by Crippen LogP contribution is 2.10. The van der Waals surface area contributed by atoms with Crippen LogP contribution in [0.1, 0.15) is 20.3 Å². The molecule has 0 bridgehead atoms. The summed E-state index contributed by atoms with van der Waals surface area (Å²) in [5.41, 5.74) is 0. The van der Waals surface area contributed by atoms with E-state index in [1.165, 1.54) is 0 Å². The highest BCUT2D eigenvalue weighted by Gasteiger charge is 2.03. The fourth-order valence-electron chi connectivity index (χ4n) is 0.713. The molecule has 0 saturated heterocycles. The molecule has 0 aromatic heterocycles. The molecule has 0 aromatic carbocycles. The lowest BCUT2D eigenvalue weighted by Crippen LogP contribution is -1.90. The van der Waals surface area contributed by atoms with Gasteiger partial charge in [-0.15, -0.1) is 0 Å². The van der Waals surface area contributed by atoms with Crippen molar-refractivity contribution in [2.24, 2.45) is 0 Å². The Kier molecular flexibility index (Phi) is 1.98. The van der Waals surface area contributed by atoms with Crippen molar-refractivity contribution >= 4 is 0 Å². The molecule has 0 N–H and O–H groups in total. The predicted octanol–water partition coefficient (Wildman–Crippen LogP) is 1.67. The molecule has 0 atom stereocenters. The van der Waals surface area contributed by atoms with Gasteiger partial charge in [0, 0.05) is 6.42 Å². The van der Waals surface area contributed by atoms with Crippen molar-refractivity contribution in [3.05, 3.63) is 11.5 Å². The van der Waals surface area contributed by atoms with E-state index in [9.17, 15) is 0 Å². The van der Waals surface area contributed by atoms with Crippen LogP contribution in [0.25, 0.3) is 0 Å². The summed E-state index contributed by atoms with van der Waals surface area (Å²) >= 11 is 0. The van der Waals surface area contributed by atoms with Crippen molar-refractivity contribution in [2.45, 2.75) is 20.3 Å². The lowest BCUT2D eigenvalue weighted by atomic mass is 10.5. The van der Waals surface area contributed by atoms with Crippen LogP contribution in [0.5, 0.6) is 0 Å². The van der Waals surface area contributed by atoms with Crippen molar-refractivity contribution in [2.75, 3.05) is 13.2 Å². The van der Waals surface area contributed by atoms with E-state index in [2.05, 4.69) is 0 Å². The second-order valence-electron chi connectivity index (χ2n) is 2.16. The largest absolute Gasteiger partial charge is 0.495 e. The average Bonchev–Trinajstić information content (AvgIpc) is 1.99. The molecule has 0 radical (unpaired) electrons. The van der Waals surface area contributed by atoms with Crippen LogP contribution < -0.4 is 0 Å². The van der Waals surface area contributed by atoms with Gasteiger partial charge < -0.3 is 9.47 Å². The molecule has 1 heterocycles. The van der Waals surface area contributed by atoms with Gasteiger partial charge in [0.05, 0.1) is 13.2 Å². The minimum Gasteiger partial charge on any atom is -0.495 e. The third-order valence-corrected chi connectivity index (χ3v) is 1.42. The van der Waals surface area contributed by atoms with Crippen molar-refractivity contribution in [1.29, 1.82) is 0 Å². The molecule has 0 spiro atoms. The van der Waals surface area contributed by atoms with E-state index in [1.807, 2.05) is 13.8 Å². The Morgan fingerprint density at radius 3 is 1.89 bits per heavy atom. The van der Waals surface area contributed by atoms with Gasteiger partial charge in [-0.1, -0.05) is 0 Å². The van der Waals surface area contributed by atoms with Gasteiger partial charge in [-0.25, -0.2) is 0 Å². The van der Waals surface area contributed by atoms with Crippen LogP contribution in [0, 0.1) is 0 Å². The van der Waals surface area contributed by atoms with Crippen LogP contribution in [0.15, 0.2) is 11.5 Å². The highest BCUT2D eigenvalue weighted by atomic mass is 16.5. The van der Waals surface area contributed by atoms with Gasteiger partial charge in [0.15, 0.2) is 0 Å². The van der Waals surface area contributed by atoms with E-state index >= 15 is 0 Å². The maximum atomic E-state index is 5.27. The minimum atomic E-state index is 0.795. The summed E-state index contributed by atoms with van der Waals surface area (Å²) in [7, 11) is 0. The van der Waals surface area contributed by atoms with E-state index in [-0.39, 0.29) is 0 Å². The highest BCUT2D eigenvalue weighted by molar-refractivity contribution is 4.95. The molecule has 2 heteroatoms. The third-order valence-electron chi connectivity index (χ3n) is 1.42. The van der Waals surface area contributed by atoms with Gasteiger partial charge in [0.25, 0.3) is 0 Å². The summed E-state index contributed by atoms with van der Waals surface area (Å²) in [6, 6.07) is 0. The van der Waals surface area contributed by atoms with Gasteiger partial charge in [-0.3, -0.25) is 0 Å². The van der Waals surface area contributed by atoms with Crippen molar-refractivity contribution in [1.82, 2.24) is 0 Å². The SMILES string of the molecule is CC1=C(C)OCCCO1. The van der Waals surface area contributed by atoms with E-state index in [0.717, 1.165) is 31.2 Å². The van der Waals surface area contributed by atoms with Crippen LogP contribution in [-0.4, -0.2) is 13.2 Å². The molecule has 1 rings (SSSR count).